The molecular weight excluding hydrogens is 386 g/mol. The lowest BCUT2D eigenvalue weighted by Crippen LogP contribution is -2.28. The predicted molar refractivity (Wildman–Crippen MR) is 100 cm³/mol. The van der Waals surface area contributed by atoms with Crippen molar-refractivity contribution in [1.82, 2.24) is 15.1 Å². The molecule has 1 amide bonds. The number of hydrogen-bond acceptors (Lipinski definition) is 2. The third kappa shape index (κ3) is 3.76. The van der Waals surface area contributed by atoms with Crippen LogP contribution >= 0.6 is 0 Å². The fraction of sp³-hybridized carbons (Fsp3) is 0.524. The van der Waals surface area contributed by atoms with E-state index in [4.69, 9.17) is 0 Å². The van der Waals surface area contributed by atoms with Gasteiger partial charge in [-0.3, -0.25) is 9.48 Å². The van der Waals surface area contributed by atoms with E-state index in [2.05, 4.69) is 17.3 Å². The number of aryl methyl sites for hydroxylation is 1. The third-order valence-electron chi connectivity index (χ3n) is 5.49. The first kappa shape index (κ1) is 21.3. The Morgan fingerprint density at radius 2 is 1.72 bits per heavy atom. The van der Waals surface area contributed by atoms with Crippen molar-refractivity contribution in [2.75, 3.05) is 0 Å². The number of benzene rings is 1. The lowest BCUT2D eigenvalue weighted by molar-refractivity contribution is -0.120. The summed E-state index contributed by atoms with van der Waals surface area (Å²) in [5.41, 5.74) is 0.137. The summed E-state index contributed by atoms with van der Waals surface area (Å²) in [5.74, 6) is -6.01. The highest BCUT2D eigenvalue weighted by Crippen LogP contribution is 2.34. The minimum atomic E-state index is -1.48. The van der Waals surface area contributed by atoms with Crippen LogP contribution in [0.2, 0.25) is 0 Å². The van der Waals surface area contributed by atoms with Crippen LogP contribution in [0.1, 0.15) is 68.1 Å². The van der Waals surface area contributed by atoms with E-state index in [0.29, 0.717) is 5.92 Å². The summed E-state index contributed by atoms with van der Waals surface area (Å²) >= 11 is 0. The molecule has 1 unspecified atom stereocenters. The van der Waals surface area contributed by atoms with E-state index >= 15 is 0 Å². The molecular formula is C21H25F4N3O. The summed E-state index contributed by atoms with van der Waals surface area (Å²) < 4.78 is 59.2. The Kier molecular flexibility index (Phi) is 5.49. The minimum Gasteiger partial charge on any atom is -0.351 e. The number of nitrogens with one attached hydrogen (secondary N) is 1. The van der Waals surface area contributed by atoms with E-state index in [1.165, 1.54) is 20.8 Å². The first-order chi connectivity index (χ1) is 13.4. The maximum atomic E-state index is 14.4. The predicted octanol–water partition coefficient (Wildman–Crippen LogP) is 4.18. The van der Waals surface area contributed by atoms with Gasteiger partial charge in [0.1, 0.15) is 0 Å². The normalized spacial score (nSPS) is 16.2. The second-order valence-corrected chi connectivity index (χ2v) is 8.69. The lowest BCUT2D eigenvalue weighted by Gasteiger charge is -2.22. The Morgan fingerprint density at radius 3 is 2.28 bits per heavy atom. The van der Waals surface area contributed by atoms with E-state index in [1.807, 2.05) is 0 Å². The number of aromatic nitrogens is 2. The van der Waals surface area contributed by atoms with Gasteiger partial charge in [-0.05, 0) is 23.8 Å². The molecule has 0 saturated carbocycles. The molecule has 0 fully saturated rings. The van der Waals surface area contributed by atoms with E-state index in [1.54, 1.807) is 11.7 Å². The van der Waals surface area contributed by atoms with Crippen molar-refractivity contribution in [2.24, 2.45) is 7.05 Å². The van der Waals surface area contributed by atoms with Crippen molar-refractivity contribution in [2.45, 2.75) is 64.8 Å². The molecule has 0 radical (unpaired) electrons. The molecule has 0 bridgehead atoms. The number of amides is 1. The van der Waals surface area contributed by atoms with Crippen LogP contribution < -0.4 is 5.32 Å². The largest absolute Gasteiger partial charge is 0.351 e. The zero-order chi connectivity index (χ0) is 21.7. The van der Waals surface area contributed by atoms with Crippen LogP contribution in [0.4, 0.5) is 17.6 Å². The zero-order valence-electron chi connectivity index (χ0n) is 17.2. The van der Waals surface area contributed by atoms with Gasteiger partial charge in [-0.1, -0.05) is 27.7 Å². The Labute approximate surface area is 167 Å². The van der Waals surface area contributed by atoms with Crippen LogP contribution in [0.3, 0.4) is 0 Å². The number of halogens is 4. The molecule has 8 heteroatoms. The zero-order valence-corrected chi connectivity index (χ0v) is 17.2. The van der Waals surface area contributed by atoms with Gasteiger partial charge in [0, 0.05) is 30.6 Å². The average molecular weight is 411 g/mol. The van der Waals surface area contributed by atoms with Crippen LogP contribution in [-0.2, 0) is 36.6 Å². The molecule has 158 valence electrons. The molecule has 0 saturated heterocycles. The fourth-order valence-corrected chi connectivity index (χ4v) is 3.90. The Balaban J connectivity index is 1.79. The number of nitrogens with zero attached hydrogens (tertiary/aromatic N) is 2. The number of carbonyl (C=O) groups excluding carboxylic acids is 1. The lowest BCUT2D eigenvalue weighted by atomic mass is 9.85. The van der Waals surface area contributed by atoms with Crippen LogP contribution in [0, 0.1) is 23.3 Å². The highest BCUT2D eigenvalue weighted by Gasteiger charge is 2.32. The number of fused-ring (bicyclic) bond motifs is 1. The molecule has 4 nitrogen and oxygen atoms in total. The molecule has 1 aromatic heterocycles. The summed E-state index contributed by atoms with van der Waals surface area (Å²) in [5, 5.41) is 6.81. The maximum Gasteiger partial charge on any atom is 0.226 e. The van der Waals surface area contributed by atoms with E-state index in [9.17, 15) is 22.4 Å². The van der Waals surface area contributed by atoms with Crippen LogP contribution in [-0.4, -0.2) is 15.7 Å². The van der Waals surface area contributed by atoms with E-state index in [0.717, 1.165) is 29.8 Å². The van der Waals surface area contributed by atoms with Gasteiger partial charge >= 0.3 is 0 Å². The highest BCUT2D eigenvalue weighted by molar-refractivity contribution is 5.78. The van der Waals surface area contributed by atoms with Gasteiger partial charge in [-0.25, -0.2) is 17.6 Å². The van der Waals surface area contributed by atoms with Gasteiger partial charge in [0.05, 0.1) is 17.8 Å². The minimum absolute atomic E-state index is 0.0279. The van der Waals surface area contributed by atoms with Crippen molar-refractivity contribution in [1.29, 1.82) is 0 Å². The quantitative estimate of drug-likeness (QED) is 0.606. The Bertz CT molecular complexity index is 947. The summed E-state index contributed by atoms with van der Waals surface area (Å²) in [7, 11) is 1.74. The number of carbonyl (C=O) groups is 1. The maximum absolute atomic E-state index is 14.4. The van der Waals surface area contributed by atoms with E-state index < -0.39 is 52.3 Å². The van der Waals surface area contributed by atoms with Crippen LogP contribution in [0.25, 0.3) is 0 Å². The van der Waals surface area contributed by atoms with Crippen LogP contribution in [0.5, 0.6) is 0 Å². The Hall–Kier alpha value is -2.38. The van der Waals surface area contributed by atoms with Gasteiger partial charge in [0.25, 0.3) is 0 Å². The summed E-state index contributed by atoms with van der Waals surface area (Å²) in [6.45, 7) is 5.80. The molecule has 0 aliphatic heterocycles. The monoisotopic (exact) mass is 411 g/mol. The van der Waals surface area contributed by atoms with Gasteiger partial charge in [0.15, 0.2) is 23.3 Å². The fourth-order valence-electron chi connectivity index (χ4n) is 3.90. The molecule has 1 aliphatic carbocycles. The SMILES string of the molecule is CC1CCc2c1nn(C)c2CC(=O)NCc1c(F)c(F)c(C(C)(C)C)c(F)c1F. The molecule has 2 aromatic rings. The molecule has 1 aliphatic rings. The summed E-state index contributed by atoms with van der Waals surface area (Å²) in [6.07, 6.45) is 1.75. The van der Waals surface area contributed by atoms with E-state index in [-0.39, 0.29) is 6.42 Å². The van der Waals surface area contributed by atoms with Crippen molar-refractivity contribution < 1.29 is 22.4 Å². The smallest absolute Gasteiger partial charge is 0.226 e. The second-order valence-electron chi connectivity index (χ2n) is 8.69. The topological polar surface area (TPSA) is 46.9 Å². The van der Waals surface area contributed by atoms with Crippen molar-refractivity contribution in [3.8, 4) is 0 Å². The van der Waals surface area contributed by atoms with Crippen molar-refractivity contribution in [3.63, 3.8) is 0 Å². The Morgan fingerprint density at radius 1 is 1.14 bits per heavy atom. The van der Waals surface area contributed by atoms with Crippen LogP contribution in [0.15, 0.2) is 0 Å². The summed E-state index contributed by atoms with van der Waals surface area (Å²) in [6, 6.07) is 0. The second kappa shape index (κ2) is 7.46. The highest BCUT2D eigenvalue weighted by atomic mass is 19.2. The van der Waals surface area contributed by atoms with Gasteiger partial charge in [-0.2, -0.15) is 5.10 Å². The third-order valence-corrected chi connectivity index (χ3v) is 5.49. The molecule has 3 rings (SSSR count). The molecule has 1 N–H and O–H groups in total. The van der Waals surface area contributed by atoms with Gasteiger partial charge < -0.3 is 5.32 Å². The first-order valence-corrected chi connectivity index (χ1v) is 9.60. The molecule has 1 heterocycles. The van der Waals surface area contributed by atoms with Crippen molar-refractivity contribution >= 4 is 5.91 Å². The average Bonchev–Trinajstić information content (AvgIpc) is 3.12. The van der Waals surface area contributed by atoms with Crippen molar-refractivity contribution in [3.05, 3.63) is 51.3 Å². The standard InChI is InChI=1S/C21H25F4N3O/c1-10-6-7-11-13(28(5)27-20(10)11)8-14(29)26-9-12-16(22)18(24)15(21(2,3)4)19(25)17(12)23/h10H,6-9H2,1-5H3,(H,26,29). The van der Waals surface area contributed by atoms with Gasteiger partial charge in [0.2, 0.25) is 5.91 Å². The molecule has 0 spiro atoms. The van der Waals surface area contributed by atoms with Gasteiger partial charge in [-0.15, -0.1) is 0 Å². The first-order valence-electron chi connectivity index (χ1n) is 9.60. The molecule has 29 heavy (non-hydrogen) atoms. The summed E-state index contributed by atoms with van der Waals surface area (Å²) in [4.78, 5) is 12.4. The number of rotatable bonds is 4. The molecule has 1 aromatic carbocycles. The number of hydrogen-bond donors (Lipinski definition) is 1. The molecule has 1 atom stereocenters.